The molecule has 0 fully saturated rings. The first-order valence-corrected chi connectivity index (χ1v) is 6.14. The van der Waals surface area contributed by atoms with Gasteiger partial charge in [-0.1, -0.05) is 18.2 Å². The molecule has 0 atom stereocenters. The van der Waals surface area contributed by atoms with Crippen LogP contribution in [0.3, 0.4) is 0 Å². The summed E-state index contributed by atoms with van der Waals surface area (Å²) in [7, 11) is 0. The fourth-order valence-electron chi connectivity index (χ4n) is 1.76. The zero-order valence-electron chi connectivity index (χ0n) is 10.5. The molecule has 0 saturated heterocycles. The maximum Gasteiger partial charge on any atom is 0.416 e. The second kappa shape index (κ2) is 5.66. The Labute approximate surface area is 118 Å². The van der Waals surface area contributed by atoms with Crippen molar-refractivity contribution in [1.82, 2.24) is 9.97 Å². The molecular weight excluding hydrogens is 291 g/mol. The lowest BCUT2D eigenvalue weighted by atomic mass is 10.1. The zero-order chi connectivity index (χ0) is 14.8. The highest BCUT2D eigenvalue weighted by atomic mass is 35.5. The van der Waals surface area contributed by atoms with Crippen LogP contribution in [0.5, 0.6) is 0 Å². The van der Waals surface area contributed by atoms with Gasteiger partial charge in [-0.2, -0.15) is 13.2 Å². The highest BCUT2D eigenvalue weighted by Gasteiger charge is 2.32. The largest absolute Gasteiger partial charge is 0.416 e. The summed E-state index contributed by atoms with van der Waals surface area (Å²) in [5.74, 6) is 0.388. The first-order valence-electron chi connectivity index (χ1n) is 5.76. The molecule has 3 nitrogen and oxygen atoms in total. The molecule has 1 aromatic heterocycles. The quantitative estimate of drug-likeness (QED) is 0.868. The van der Waals surface area contributed by atoms with Crippen molar-refractivity contribution in [1.29, 1.82) is 0 Å². The average Bonchev–Trinajstić information content (AvgIpc) is 2.34. The Morgan fingerprint density at radius 3 is 2.55 bits per heavy atom. The van der Waals surface area contributed by atoms with Crippen molar-refractivity contribution in [2.24, 2.45) is 0 Å². The molecule has 0 aliphatic rings. The molecule has 1 N–H and O–H groups in total. The predicted molar refractivity (Wildman–Crippen MR) is 70.5 cm³/mol. The monoisotopic (exact) mass is 301 g/mol. The molecule has 7 heteroatoms. The van der Waals surface area contributed by atoms with Crippen LogP contribution in [0.4, 0.5) is 19.0 Å². The highest BCUT2D eigenvalue weighted by Crippen LogP contribution is 2.32. The van der Waals surface area contributed by atoms with E-state index in [9.17, 15) is 13.2 Å². The second-order valence-electron chi connectivity index (χ2n) is 4.17. The van der Waals surface area contributed by atoms with Crippen molar-refractivity contribution in [2.45, 2.75) is 19.6 Å². The summed E-state index contributed by atoms with van der Waals surface area (Å²) in [6.45, 7) is 1.73. The van der Waals surface area contributed by atoms with Crippen molar-refractivity contribution in [3.05, 3.63) is 52.4 Å². The molecule has 0 aliphatic carbocycles. The van der Waals surface area contributed by atoms with Crippen molar-refractivity contribution in [2.75, 3.05) is 5.32 Å². The van der Waals surface area contributed by atoms with Crippen molar-refractivity contribution < 1.29 is 13.2 Å². The normalized spacial score (nSPS) is 11.4. The zero-order valence-corrected chi connectivity index (χ0v) is 11.3. The number of hydrogen-bond donors (Lipinski definition) is 1. The number of aryl methyl sites for hydroxylation is 1. The summed E-state index contributed by atoms with van der Waals surface area (Å²) < 4.78 is 38.5. The number of anilines is 1. The highest BCUT2D eigenvalue weighted by molar-refractivity contribution is 6.28. The lowest BCUT2D eigenvalue weighted by Gasteiger charge is -2.13. The van der Waals surface area contributed by atoms with Crippen molar-refractivity contribution >= 4 is 17.4 Å². The molecule has 0 spiro atoms. The lowest BCUT2D eigenvalue weighted by Crippen LogP contribution is -2.12. The van der Waals surface area contributed by atoms with Gasteiger partial charge in [0.25, 0.3) is 0 Å². The van der Waals surface area contributed by atoms with Crippen LogP contribution in [0.1, 0.15) is 16.8 Å². The van der Waals surface area contributed by atoms with Crippen LogP contribution >= 0.6 is 11.6 Å². The van der Waals surface area contributed by atoms with Gasteiger partial charge in [0, 0.05) is 18.3 Å². The Balaban J connectivity index is 2.19. The first-order chi connectivity index (χ1) is 9.36. The Morgan fingerprint density at radius 2 is 1.90 bits per heavy atom. The maximum absolute atomic E-state index is 12.8. The fraction of sp³-hybridized carbons (Fsp3) is 0.231. The van der Waals surface area contributed by atoms with Crippen LogP contribution in [0.15, 0.2) is 30.3 Å². The van der Waals surface area contributed by atoms with Crippen LogP contribution in [-0.2, 0) is 12.7 Å². The predicted octanol–water partition coefficient (Wildman–Crippen LogP) is 4.07. The SMILES string of the molecule is Cc1cc(NCc2ccccc2C(F)(F)F)nc(Cl)n1. The summed E-state index contributed by atoms with van der Waals surface area (Å²) in [6, 6.07) is 7.01. The van der Waals surface area contributed by atoms with E-state index in [-0.39, 0.29) is 17.4 Å². The van der Waals surface area contributed by atoms with Gasteiger partial charge in [-0.25, -0.2) is 9.97 Å². The van der Waals surface area contributed by atoms with E-state index in [2.05, 4.69) is 15.3 Å². The molecule has 1 heterocycles. The third-order valence-electron chi connectivity index (χ3n) is 2.61. The van der Waals surface area contributed by atoms with Gasteiger partial charge < -0.3 is 5.32 Å². The molecule has 0 saturated carbocycles. The molecule has 20 heavy (non-hydrogen) atoms. The van der Waals surface area contributed by atoms with Gasteiger partial charge in [0.2, 0.25) is 5.28 Å². The Bertz CT molecular complexity index is 594. The summed E-state index contributed by atoms with van der Waals surface area (Å²) in [6.07, 6.45) is -4.38. The van der Waals surface area contributed by atoms with E-state index < -0.39 is 11.7 Å². The van der Waals surface area contributed by atoms with E-state index in [0.717, 1.165) is 6.07 Å². The van der Waals surface area contributed by atoms with E-state index >= 15 is 0 Å². The van der Waals surface area contributed by atoms with Crippen LogP contribution in [0, 0.1) is 6.92 Å². The maximum atomic E-state index is 12.8. The minimum atomic E-state index is -4.38. The lowest BCUT2D eigenvalue weighted by molar-refractivity contribution is -0.138. The van der Waals surface area contributed by atoms with E-state index in [1.165, 1.54) is 12.1 Å². The first kappa shape index (κ1) is 14.6. The van der Waals surface area contributed by atoms with E-state index in [0.29, 0.717) is 11.5 Å². The smallest absolute Gasteiger partial charge is 0.366 e. The van der Waals surface area contributed by atoms with Gasteiger partial charge in [0.05, 0.1) is 5.56 Å². The van der Waals surface area contributed by atoms with Gasteiger partial charge in [-0.15, -0.1) is 0 Å². The molecule has 0 radical (unpaired) electrons. The third-order valence-corrected chi connectivity index (χ3v) is 2.78. The third kappa shape index (κ3) is 3.60. The number of benzene rings is 1. The molecule has 1 aromatic carbocycles. The van der Waals surface area contributed by atoms with E-state index in [1.54, 1.807) is 19.1 Å². The topological polar surface area (TPSA) is 37.8 Å². The van der Waals surface area contributed by atoms with Crippen LogP contribution in [0.2, 0.25) is 5.28 Å². The summed E-state index contributed by atoms with van der Waals surface area (Å²) in [5.41, 5.74) is 0.119. The Hall–Kier alpha value is -1.82. The average molecular weight is 302 g/mol. The number of nitrogens with one attached hydrogen (secondary N) is 1. The molecule has 2 rings (SSSR count). The summed E-state index contributed by atoms with van der Waals surface area (Å²) >= 11 is 5.69. The fourth-order valence-corrected chi connectivity index (χ4v) is 1.98. The minimum Gasteiger partial charge on any atom is -0.366 e. The molecule has 0 amide bonds. The number of alkyl halides is 3. The standard InChI is InChI=1S/C13H11ClF3N3/c1-8-6-11(20-12(14)19-8)18-7-9-4-2-3-5-10(9)13(15,16)17/h2-6H,7H2,1H3,(H,18,19,20). The number of rotatable bonds is 3. The van der Waals surface area contributed by atoms with Crippen molar-refractivity contribution in [3.63, 3.8) is 0 Å². The molecule has 0 unspecified atom stereocenters. The number of hydrogen-bond acceptors (Lipinski definition) is 3. The molecule has 106 valence electrons. The summed E-state index contributed by atoms with van der Waals surface area (Å²) in [4.78, 5) is 7.78. The Morgan fingerprint density at radius 1 is 1.20 bits per heavy atom. The minimum absolute atomic E-state index is 0.00245. The molecular formula is C13H11ClF3N3. The van der Waals surface area contributed by atoms with Gasteiger partial charge in [-0.05, 0) is 30.2 Å². The van der Waals surface area contributed by atoms with Crippen LogP contribution < -0.4 is 5.32 Å². The second-order valence-corrected chi connectivity index (χ2v) is 4.51. The van der Waals surface area contributed by atoms with Gasteiger partial charge in [-0.3, -0.25) is 0 Å². The van der Waals surface area contributed by atoms with Gasteiger partial charge in [0.1, 0.15) is 5.82 Å². The van der Waals surface area contributed by atoms with Crippen LogP contribution in [0.25, 0.3) is 0 Å². The van der Waals surface area contributed by atoms with Crippen molar-refractivity contribution in [3.8, 4) is 0 Å². The van der Waals surface area contributed by atoms with E-state index in [1.807, 2.05) is 0 Å². The van der Waals surface area contributed by atoms with Gasteiger partial charge >= 0.3 is 6.18 Å². The Kier molecular flexibility index (Phi) is 4.13. The number of halogens is 4. The molecule has 0 aliphatic heterocycles. The number of nitrogens with zero attached hydrogens (tertiary/aromatic N) is 2. The van der Waals surface area contributed by atoms with E-state index in [4.69, 9.17) is 11.6 Å². The molecule has 0 bridgehead atoms. The van der Waals surface area contributed by atoms with Crippen LogP contribution in [-0.4, -0.2) is 9.97 Å². The molecule has 2 aromatic rings. The van der Waals surface area contributed by atoms with Gasteiger partial charge in [0.15, 0.2) is 0 Å². The number of aromatic nitrogens is 2. The summed E-state index contributed by atoms with van der Waals surface area (Å²) in [5, 5.41) is 2.87.